The van der Waals surface area contributed by atoms with Gasteiger partial charge in [0.05, 0.1) is 34.0 Å². The molecule has 6 nitrogen and oxygen atoms in total. The number of rotatable bonds is 10. The summed E-state index contributed by atoms with van der Waals surface area (Å²) in [6.07, 6.45) is 3.34. The number of unbranched alkanes of at least 4 members (excludes halogenated alkanes) is 1. The highest BCUT2D eigenvalue weighted by Crippen LogP contribution is 2.33. The van der Waals surface area contributed by atoms with Gasteiger partial charge in [-0.15, -0.1) is 0 Å². The summed E-state index contributed by atoms with van der Waals surface area (Å²) in [5.41, 5.74) is 3.23. The van der Waals surface area contributed by atoms with Crippen LogP contribution in [0.1, 0.15) is 40.7 Å². The molecule has 0 aromatic heterocycles. The van der Waals surface area contributed by atoms with Crippen molar-refractivity contribution in [1.82, 2.24) is 4.90 Å². The fourth-order valence-electron chi connectivity index (χ4n) is 3.92. The number of carbonyl (C=O) groups excluding carboxylic acids is 1. The molecule has 0 spiro atoms. The molecule has 0 atom stereocenters. The summed E-state index contributed by atoms with van der Waals surface area (Å²) in [5, 5.41) is 0. The van der Waals surface area contributed by atoms with Gasteiger partial charge in [0.1, 0.15) is 11.5 Å². The van der Waals surface area contributed by atoms with E-state index >= 15 is 0 Å². The van der Waals surface area contributed by atoms with Gasteiger partial charge in [-0.1, -0.05) is 0 Å². The lowest BCUT2D eigenvalue weighted by Crippen LogP contribution is -2.31. The third kappa shape index (κ3) is 5.05. The zero-order chi connectivity index (χ0) is 21.5. The average molecular weight is 414 g/mol. The maximum atomic E-state index is 12.6. The third-order valence-corrected chi connectivity index (χ3v) is 5.63. The monoisotopic (exact) mass is 413 g/mol. The Kier molecular flexibility index (Phi) is 7.57. The molecule has 0 N–H and O–H groups in total. The number of fused-ring (bicyclic) bond motifs is 1. The average Bonchev–Trinajstić information content (AvgIpc) is 2.79. The number of benzene rings is 2. The van der Waals surface area contributed by atoms with E-state index in [-0.39, 0.29) is 5.78 Å². The van der Waals surface area contributed by atoms with Crippen molar-refractivity contribution < 1.29 is 23.7 Å². The standard InChI is InChI=1S/C24H31NO5/c1-27-19-8-9-20(22(15-19)28-2)21(26)7-5-6-11-25-12-10-17-13-23(29-3)24(30-4)14-18(17)16-25/h8-9,13-15H,5-7,10-12,16H2,1-4H3. The van der Waals surface area contributed by atoms with Gasteiger partial charge in [0.15, 0.2) is 17.3 Å². The second-order valence-corrected chi connectivity index (χ2v) is 7.45. The number of methoxy groups -OCH3 is 4. The van der Waals surface area contributed by atoms with Crippen LogP contribution in [0.2, 0.25) is 0 Å². The van der Waals surface area contributed by atoms with Crippen LogP contribution >= 0.6 is 0 Å². The molecule has 0 bridgehead atoms. The number of hydrogen-bond acceptors (Lipinski definition) is 6. The van der Waals surface area contributed by atoms with E-state index in [0.717, 1.165) is 50.4 Å². The molecule has 0 saturated heterocycles. The molecule has 0 aliphatic carbocycles. The van der Waals surface area contributed by atoms with Crippen molar-refractivity contribution in [3.05, 3.63) is 47.0 Å². The van der Waals surface area contributed by atoms with E-state index in [9.17, 15) is 4.79 Å². The van der Waals surface area contributed by atoms with Crippen LogP contribution in [0.5, 0.6) is 23.0 Å². The van der Waals surface area contributed by atoms with Crippen LogP contribution in [0.15, 0.2) is 30.3 Å². The highest BCUT2D eigenvalue weighted by atomic mass is 16.5. The first kappa shape index (κ1) is 22.0. The van der Waals surface area contributed by atoms with Crippen molar-refractivity contribution in [1.29, 1.82) is 0 Å². The molecule has 0 fully saturated rings. The SMILES string of the molecule is COc1ccc(C(=O)CCCCN2CCc3cc(OC)c(OC)cc3C2)c(OC)c1. The van der Waals surface area contributed by atoms with Gasteiger partial charge in [-0.3, -0.25) is 9.69 Å². The van der Waals surface area contributed by atoms with Crippen LogP contribution in [0.3, 0.4) is 0 Å². The molecule has 162 valence electrons. The molecular formula is C24H31NO5. The van der Waals surface area contributed by atoms with Gasteiger partial charge in [-0.2, -0.15) is 0 Å². The Labute approximate surface area is 178 Å². The molecule has 30 heavy (non-hydrogen) atoms. The smallest absolute Gasteiger partial charge is 0.166 e. The van der Waals surface area contributed by atoms with Gasteiger partial charge < -0.3 is 18.9 Å². The Morgan fingerprint density at radius 1 is 0.867 bits per heavy atom. The maximum absolute atomic E-state index is 12.6. The zero-order valence-electron chi connectivity index (χ0n) is 18.3. The van der Waals surface area contributed by atoms with E-state index in [0.29, 0.717) is 23.5 Å². The van der Waals surface area contributed by atoms with E-state index in [1.807, 2.05) is 0 Å². The molecule has 6 heteroatoms. The summed E-state index contributed by atoms with van der Waals surface area (Å²) in [6, 6.07) is 9.50. The summed E-state index contributed by atoms with van der Waals surface area (Å²) in [6.45, 7) is 2.89. The molecule has 2 aromatic carbocycles. The van der Waals surface area contributed by atoms with Gasteiger partial charge >= 0.3 is 0 Å². The van der Waals surface area contributed by atoms with Crippen LogP contribution in [-0.2, 0) is 13.0 Å². The molecule has 0 saturated carbocycles. The second-order valence-electron chi connectivity index (χ2n) is 7.45. The Morgan fingerprint density at radius 2 is 1.57 bits per heavy atom. The second kappa shape index (κ2) is 10.3. The highest BCUT2D eigenvalue weighted by Gasteiger charge is 2.19. The number of Topliss-reactive ketones (excluding diaryl/α,β-unsaturated/α-hetero) is 1. The molecule has 2 aromatic rings. The minimum atomic E-state index is 0.107. The summed E-state index contributed by atoms with van der Waals surface area (Å²) in [4.78, 5) is 15.0. The van der Waals surface area contributed by atoms with Crippen LogP contribution in [0, 0.1) is 0 Å². The first-order valence-corrected chi connectivity index (χ1v) is 10.3. The summed E-state index contributed by atoms with van der Waals surface area (Å²) < 4.78 is 21.4. The molecule has 0 radical (unpaired) electrons. The first-order chi connectivity index (χ1) is 14.6. The lowest BCUT2D eigenvalue weighted by molar-refractivity contribution is 0.0974. The molecule has 1 aliphatic heterocycles. The van der Waals surface area contributed by atoms with Crippen molar-refractivity contribution >= 4 is 5.78 Å². The number of carbonyl (C=O) groups is 1. The van der Waals surface area contributed by atoms with Gasteiger partial charge in [-0.05, 0) is 61.2 Å². The van der Waals surface area contributed by atoms with Crippen LogP contribution in [0.4, 0.5) is 0 Å². The molecule has 3 rings (SSSR count). The topological polar surface area (TPSA) is 57.2 Å². The predicted octanol–water partition coefficient (Wildman–Crippen LogP) is 4.13. The van der Waals surface area contributed by atoms with Crippen molar-refractivity contribution in [3.8, 4) is 23.0 Å². The van der Waals surface area contributed by atoms with E-state index in [2.05, 4.69) is 17.0 Å². The van der Waals surface area contributed by atoms with Crippen molar-refractivity contribution in [2.45, 2.75) is 32.2 Å². The van der Waals surface area contributed by atoms with Crippen molar-refractivity contribution in [2.75, 3.05) is 41.5 Å². The van der Waals surface area contributed by atoms with E-state index in [1.165, 1.54) is 11.1 Å². The Bertz CT molecular complexity index is 880. The van der Waals surface area contributed by atoms with Gasteiger partial charge in [0.25, 0.3) is 0 Å². The molecule has 1 heterocycles. The van der Waals surface area contributed by atoms with Gasteiger partial charge in [0.2, 0.25) is 0 Å². The lowest BCUT2D eigenvalue weighted by atomic mass is 9.98. The molecule has 0 unspecified atom stereocenters. The van der Waals surface area contributed by atoms with E-state index in [1.54, 1.807) is 46.6 Å². The number of ketones is 1. The number of hydrogen-bond donors (Lipinski definition) is 0. The normalized spacial score (nSPS) is 13.5. The van der Waals surface area contributed by atoms with Crippen molar-refractivity contribution in [2.24, 2.45) is 0 Å². The summed E-state index contributed by atoms with van der Waals surface area (Å²) in [7, 11) is 6.51. The quantitative estimate of drug-likeness (QED) is 0.431. The largest absolute Gasteiger partial charge is 0.497 e. The minimum absolute atomic E-state index is 0.107. The predicted molar refractivity (Wildman–Crippen MR) is 116 cm³/mol. The Morgan fingerprint density at radius 3 is 2.23 bits per heavy atom. The highest BCUT2D eigenvalue weighted by molar-refractivity contribution is 5.98. The van der Waals surface area contributed by atoms with Crippen LogP contribution < -0.4 is 18.9 Å². The van der Waals surface area contributed by atoms with Crippen molar-refractivity contribution in [3.63, 3.8) is 0 Å². The summed E-state index contributed by atoms with van der Waals surface area (Å²) in [5.74, 6) is 2.92. The van der Waals surface area contributed by atoms with E-state index in [4.69, 9.17) is 18.9 Å². The van der Waals surface area contributed by atoms with Crippen LogP contribution in [0.25, 0.3) is 0 Å². The van der Waals surface area contributed by atoms with Gasteiger partial charge in [0, 0.05) is 25.6 Å². The zero-order valence-corrected chi connectivity index (χ0v) is 18.3. The fourth-order valence-corrected chi connectivity index (χ4v) is 3.92. The molecule has 0 amide bonds. The Hall–Kier alpha value is -2.73. The molecular weight excluding hydrogens is 382 g/mol. The van der Waals surface area contributed by atoms with Gasteiger partial charge in [-0.25, -0.2) is 0 Å². The molecule has 1 aliphatic rings. The Balaban J connectivity index is 1.50. The lowest BCUT2D eigenvalue weighted by Gasteiger charge is -2.29. The number of nitrogens with zero attached hydrogens (tertiary/aromatic N) is 1. The first-order valence-electron chi connectivity index (χ1n) is 10.3. The summed E-state index contributed by atoms with van der Waals surface area (Å²) >= 11 is 0. The third-order valence-electron chi connectivity index (χ3n) is 5.63. The van der Waals surface area contributed by atoms with E-state index < -0.39 is 0 Å². The maximum Gasteiger partial charge on any atom is 0.166 e. The minimum Gasteiger partial charge on any atom is -0.497 e. The van der Waals surface area contributed by atoms with Crippen LogP contribution in [-0.4, -0.2) is 52.2 Å². The fraction of sp³-hybridized carbons (Fsp3) is 0.458. The number of ether oxygens (including phenoxy) is 4.